The molecule has 0 amide bonds. The van der Waals surface area contributed by atoms with Crippen LogP contribution in [-0.2, 0) is 13.0 Å². The summed E-state index contributed by atoms with van der Waals surface area (Å²) in [7, 11) is 0. The zero-order valence-electron chi connectivity index (χ0n) is 8.54. The van der Waals surface area contributed by atoms with E-state index in [0.29, 0.717) is 16.7 Å². The minimum absolute atomic E-state index is 0.0903. The molecule has 0 radical (unpaired) electrons. The van der Waals surface area contributed by atoms with Gasteiger partial charge in [0, 0.05) is 13.0 Å². The first-order valence-electron chi connectivity index (χ1n) is 4.65. The normalized spacial score (nSPS) is 13.5. The van der Waals surface area contributed by atoms with Crippen molar-refractivity contribution in [3.63, 3.8) is 0 Å². The van der Waals surface area contributed by atoms with Gasteiger partial charge in [-0.1, -0.05) is 0 Å². The summed E-state index contributed by atoms with van der Waals surface area (Å²) >= 11 is 3.28. The average Bonchev–Trinajstić information content (AvgIpc) is 2.45. The first-order valence-corrected chi connectivity index (χ1v) is 5.44. The highest BCUT2D eigenvalue weighted by Crippen LogP contribution is 2.23. The van der Waals surface area contributed by atoms with Crippen molar-refractivity contribution in [1.82, 2.24) is 9.78 Å². The zero-order valence-corrected chi connectivity index (χ0v) is 10.1. The van der Waals surface area contributed by atoms with Crippen LogP contribution in [0.25, 0.3) is 0 Å². The monoisotopic (exact) mass is 282 g/mol. The molecule has 1 rings (SSSR count). The van der Waals surface area contributed by atoms with Gasteiger partial charge in [-0.05, 0) is 29.8 Å². The highest BCUT2D eigenvalue weighted by molar-refractivity contribution is 9.10. The Bertz CT molecular complexity index is 341. The fourth-order valence-electron chi connectivity index (χ4n) is 1.35. The largest absolute Gasteiger partial charge is 0.387 e. The summed E-state index contributed by atoms with van der Waals surface area (Å²) in [4.78, 5) is 0. The summed E-state index contributed by atoms with van der Waals surface area (Å²) < 4.78 is 26.7. The fraction of sp³-hybridized carbons (Fsp3) is 0.667. The summed E-state index contributed by atoms with van der Waals surface area (Å²) in [6, 6.07) is 0. The van der Waals surface area contributed by atoms with E-state index >= 15 is 0 Å². The van der Waals surface area contributed by atoms with Crippen molar-refractivity contribution < 1.29 is 13.9 Å². The van der Waals surface area contributed by atoms with Gasteiger partial charge in [0.1, 0.15) is 6.10 Å². The quantitative estimate of drug-likeness (QED) is 0.919. The molecule has 0 saturated heterocycles. The molecule has 3 nitrogen and oxygen atoms in total. The molecule has 0 aromatic carbocycles. The molecule has 0 aliphatic heterocycles. The lowest BCUT2D eigenvalue weighted by atomic mass is 10.2. The Morgan fingerprint density at radius 2 is 2.13 bits per heavy atom. The molecule has 6 heteroatoms. The van der Waals surface area contributed by atoms with Crippen LogP contribution in [0.1, 0.15) is 18.3 Å². The number of hydrogen-bond acceptors (Lipinski definition) is 2. The number of alkyl halides is 2. The number of aliphatic hydroxyl groups excluding tert-OH is 1. The molecular weight excluding hydrogens is 270 g/mol. The zero-order chi connectivity index (χ0) is 11.6. The Morgan fingerprint density at radius 1 is 1.53 bits per heavy atom. The summed E-state index contributed by atoms with van der Waals surface area (Å²) in [5.74, 6) is 0. The van der Waals surface area contributed by atoms with E-state index in [1.807, 2.05) is 6.92 Å². The van der Waals surface area contributed by atoms with Gasteiger partial charge < -0.3 is 5.11 Å². The van der Waals surface area contributed by atoms with Gasteiger partial charge in [0.15, 0.2) is 0 Å². The smallest absolute Gasteiger partial charge is 0.264 e. The van der Waals surface area contributed by atoms with E-state index in [9.17, 15) is 8.78 Å². The second-order valence-corrected chi connectivity index (χ2v) is 4.06. The lowest BCUT2D eigenvalue weighted by Gasteiger charge is -2.10. The third kappa shape index (κ3) is 2.75. The van der Waals surface area contributed by atoms with Crippen LogP contribution in [0.2, 0.25) is 0 Å². The molecule has 1 aromatic heterocycles. The first-order chi connectivity index (χ1) is 6.97. The van der Waals surface area contributed by atoms with Crippen LogP contribution in [0.3, 0.4) is 0 Å². The summed E-state index contributed by atoms with van der Waals surface area (Å²) in [5.41, 5.74) is 1.36. The molecule has 0 fully saturated rings. The van der Waals surface area contributed by atoms with Crippen molar-refractivity contribution in [3.8, 4) is 0 Å². The van der Waals surface area contributed by atoms with E-state index in [-0.39, 0.29) is 6.42 Å². The SMILES string of the molecule is CCn1nc(C)c(Br)c1CC(O)C(F)F. The van der Waals surface area contributed by atoms with Gasteiger partial charge in [0.05, 0.1) is 15.9 Å². The topological polar surface area (TPSA) is 38.0 Å². The van der Waals surface area contributed by atoms with Crippen LogP contribution in [0.5, 0.6) is 0 Å². The standard InChI is InChI=1S/C9H13BrF2N2O/c1-3-14-6(4-7(15)9(11)12)8(10)5(2)13-14/h7,9,15H,3-4H2,1-2H3. The third-order valence-corrected chi connectivity index (χ3v) is 3.18. The van der Waals surface area contributed by atoms with Gasteiger partial charge in [-0.2, -0.15) is 5.10 Å². The number of aliphatic hydroxyl groups is 1. The van der Waals surface area contributed by atoms with Crippen molar-refractivity contribution in [2.45, 2.75) is 39.3 Å². The van der Waals surface area contributed by atoms with Crippen molar-refractivity contribution in [2.24, 2.45) is 0 Å². The lowest BCUT2D eigenvalue weighted by molar-refractivity contribution is -0.00477. The van der Waals surface area contributed by atoms with E-state index in [1.54, 1.807) is 11.6 Å². The van der Waals surface area contributed by atoms with Crippen molar-refractivity contribution >= 4 is 15.9 Å². The van der Waals surface area contributed by atoms with Crippen LogP contribution in [0, 0.1) is 6.92 Å². The molecule has 1 atom stereocenters. The predicted molar refractivity (Wildman–Crippen MR) is 56.1 cm³/mol. The number of aryl methyl sites for hydroxylation is 2. The van der Waals surface area contributed by atoms with Crippen LogP contribution < -0.4 is 0 Å². The molecule has 0 bridgehead atoms. The Kier molecular flexibility index (Phi) is 4.21. The van der Waals surface area contributed by atoms with E-state index < -0.39 is 12.5 Å². The maximum Gasteiger partial charge on any atom is 0.264 e. The molecule has 86 valence electrons. The highest BCUT2D eigenvalue weighted by Gasteiger charge is 2.22. The molecule has 15 heavy (non-hydrogen) atoms. The summed E-state index contributed by atoms with van der Waals surface area (Å²) in [6.07, 6.45) is -4.45. The number of aromatic nitrogens is 2. The van der Waals surface area contributed by atoms with Gasteiger partial charge >= 0.3 is 0 Å². The molecule has 1 aromatic rings. The van der Waals surface area contributed by atoms with Crippen LogP contribution in [-0.4, -0.2) is 27.4 Å². The van der Waals surface area contributed by atoms with E-state index in [0.717, 1.165) is 5.69 Å². The molecule has 1 unspecified atom stereocenters. The van der Waals surface area contributed by atoms with Crippen LogP contribution in [0.15, 0.2) is 4.47 Å². The minimum atomic E-state index is -2.72. The molecule has 0 saturated carbocycles. The summed E-state index contributed by atoms with van der Waals surface area (Å²) in [6.45, 7) is 4.25. The third-order valence-electron chi connectivity index (χ3n) is 2.15. The maximum absolute atomic E-state index is 12.2. The second kappa shape index (κ2) is 5.03. The molecule has 0 spiro atoms. The average molecular weight is 283 g/mol. The lowest BCUT2D eigenvalue weighted by Crippen LogP contribution is -2.22. The fourth-order valence-corrected chi connectivity index (χ4v) is 1.80. The Labute approximate surface area is 95.2 Å². The van der Waals surface area contributed by atoms with Gasteiger partial charge in [-0.3, -0.25) is 4.68 Å². The van der Waals surface area contributed by atoms with E-state index in [4.69, 9.17) is 5.11 Å². The number of halogens is 3. The Morgan fingerprint density at radius 3 is 2.60 bits per heavy atom. The maximum atomic E-state index is 12.2. The highest BCUT2D eigenvalue weighted by atomic mass is 79.9. The van der Waals surface area contributed by atoms with Crippen LogP contribution >= 0.6 is 15.9 Å². The van der Waals surface area contributed by atoms with Gasteiger partial charge in [-0.25, -0.2) is 8.78 Å². The number of nitrogens with zero attached hydrogens (tertiary/aromatic N) is 2. The minimum Gasteiger partial charge on any atom is -0.387 e. The predicted octanol–water partition coefficient (Wildman–Crippen LogP) is 2.14. The number of rotatable bonds is 4. The van der Waals surface area contributed by atoms with E-state index in [1.165, 1.54) is 0 Å². The summed E-state index contributed by atoms with van der Waals surface area (Å²) in [5, 5.41) is 13.3. The van der Waals surface area contributed by atoms with E-state index in [2.05, 4.69) is 21.0 Å². The van der Waals surface area contributed by atoms with Crippen molar-refractivity contribution in [1.29, 1.82) is 0 Å². The number of hydrogen-bond donors (Lipinski definition) is 1. The van der Waals surface area contributed by atoms with Gasteiger partial charge in [-0.15, -0.1) is 0 Å². The van der Waals surface area contributed by atoms with Crippen molar-refractivity contribution in [3.05, 3.63) is 15.9 Å². The van der Waals surface area contributed by atoms with Gasteiger partial charge in [0.2, 0.25) is 0 Å². The van der Waals surface area contributed by atoms with Crippen LogP contribution in [0.4, 0.5) is 8.78 Å². The van der Waals surface area contributed by atoms with Gasteiger partial charge in [0.25, 0.3) is 6.43 Å². The molecule has 0 aliphatic carbocycles. The molecular formula is C9H13BrF2N2O. The molecule has 0 aliphatic rings. The Hall–Kier alpha value is -0.490. The second-order valence-electron chi connectivity index (χ2n) is 3.27. The molecule has 1 N–H and O–H groups in total. The Balaban J connectivity index is 2.92. The van der Waals surface area contributed by atoms with Crippen molar-refractivity contribution in [2.75, 3.05) is 0 Å². The molecule has 1 heterocycles. The first kappa shape index (κ1) is 12.6.